The molecule has 0 N–H and O–H groups in total. The summed E-state index contributed by atoms with van der Waals surface area (Å²) >= 11 is 0. The second-order valence-corrected chi connectivity index (χ2v) is 4.51. The summed E-state index contributed by atoms with van der Waals surface area (Å²) in [5.74, 6) is 2.45. The van der Waals surface area contributed by atoms with Crippen LogP contribution in [0.2, 0.25) is 0 Å². The van der Waals surface area contributed by atoms with Crippen LogP contribution < -0.4 is 4.74 Å². The first-order valence-corrected chi connectivity index (χ1v) is 6.33. The number of carbonyl (C=O) groups excluding carboxylic acids is 1. The molecule has 102 valence electrons. The van der Waals surface area contributed by atoms with Crippen molar-refractivity contribution >= 4 is 16.7 Å². The number of terminal acetylenes is 1. The highest BCUT2D eigenvalue weighted by Gasteiger charge is 2.16. The normalized spacial score (nSPS) is 11.7. The van der Waals surface area contributed by atoms with Gasteiger partial charge in [-0.3, -0.25) is 4.79 Å². The van der Waals surface area contributed by atoms with Crippen LogP contribution in [-0.2, 0) is 9.53 Å². The zero-order valence-electron chi connectivity index (χ0n) is 11.6. The predicted octanol–water partition coefficient (Wildman–Crippen LogP) is 3.13. The number of methoxy groups -OCH3 is 1. The number of hydrogen-bond acceptors (Lipinski definition) is 3. The van der Waals surface area contributed by atoms with Crippen molar-refractivity contribution in [1.82, 2.24) is 0 Å². The molecule has 0 saturated heterocycles. The molecule has 0 aliphatic carbocycles. The van der Waals surface area contributed by atoms with Crippen molar-refractivity contribution in [1.29, 1.82) is 0 Å². The Bertz CT molecular complexity index is 667. The molecule has 3 nitrogen and oxygen atoms in total. The highest BCUT2D eigenvalue weighted by atomic mass is 16.5. The molecule has 2 rings (SSSR count). The molecule has 2 aromatic carbocycles. The molecule has 0 aliphatic rings. The molecule has 0 bridgehead atoms. The molecule has 0 heterocycles. The lowest BCUT2D eigenvalue weighted by Crippen LogP contribution is -2.13. The van der Waals surface area contributed by atoms with Crippen LogP contribution in [0.3, 0.4) is 0 Å². The van der Waals surface area contributed by atoms with Crippen molar-refractivity contribution in [2.24, 2.45) is 0 Å². The van der Waals surface area contributed by atoms with Gasteiger partial charge in [0.05, 0.1) is 13.0 Å². The third kappa shape index (κ3) is 2.92. The summed E-state index contributed by atoms with van der Waals surface area (Å²) in [6.45, 7) is 1.82. The van der Waals surface area contributed by atoms with E-state index in [2.05, 4.69) is 5.92 Å². The molecular weight excluding hydrogens is 252 g/mol. The standard InChI is InChI=1S/C17H16O3/c1-4-9-20-17(18)12(2)13-5-6-15-11-16(19-3)8-7-14(15)10-13/h1,5-8,10-12H,9H2,2-3H3/t12-/m1/s1. The van der Waals surface area contributed by atoms with E-state index in [0.717, 1.165) is 22.1 Å². The molecule has 0 aromatic heterocycles. The van der Waals surface area contributed by atoms with Gasteiger partial charge in [-0.05, 0) is 35.4 Å². The summed E-state index contributed by atoms with van der Waals surface area (Å²) in [4.78, 5) is 11.8. The Labute approximate surface area is 118 Å². The lowest BCUT2D eigenvalue weighted by Gasteiger charge is -2.11. The summed E-state index contributed by atoms with van der Waals surface area (Å²) in [6, 6.07) is 11.7. The highest BCUT2D eigenvalue weighted by molar-refractivity contribution is 5.86. The largest absolute Gasteiger partial charge is 0.497 e. The van der Waals surface area contributed by atoms with Crippen molar-refractivity contribution in [3.05, 3.63) is 42.0 Å². The van der Waals surface area contributed by atoms with E-state index in [1.54, 1.807) is 7.11 Å². The van der Waals surface area contributed by atoms with Gasteiger partial charge in [-0.15, -0.1) is 6.42 Å². The average Bonchev–Trinajstić information content (AvgIpc) is 2.50. The van der Waals surface area contributed by atoms with Crippen molar-refractivity contribution < 1.29 is 14.3 Å². The number of esters is 1. The fourth-order valence-corrected chi connectivity index (χ4v) is 2.01. The monoisotopic (exact) mass is 268 g/mol. The van der Waals surface area contributed by atoms with E-state index in [0.29, 0.717) is 0 Å². The fraction of sp³-hybridized carbons (Fsp3) is 0.235. The summed E-state index contributed by atoms with van der Waals surface area (Å²) in [7, 11) is 1.64. The maximum absolute atomic E-state index is 11.8. The molecule has 0 spiro atoms. The van der Waals surface area contributed by atoms with Gasteiger partial charge in [-0.25, -0.2) is 0 Å². The van der Waals surface area contributed by atoms with Crippen molar-refractivity contribution in [2.45, 2.75) is 12.8 Å². The van der Waals surface area contributed by atoms with Gasteiger partial charge in [0.1, 0.15) is 5.75 Å². The average molecular weight is 268 g/mol. The first kappa shape index (κ1) is 14.0. The number of rotatable bonds is 4. The van der Waals surface area contributed by atoms with E-state index in [1.807, 2.05) is 43.3 Å². The summed E-state index contributed by atoms with van der Waals surface area (Å²) in [5.41, 5.74) is 0.907. The molecule has 0 amide bonds. The van der Waals surface area contributed by atoms with E-state index in [-0.39, 0.29) is 18.5 Å². The second kappa shape index (κ2) is 6.12. The molecule has 0 unspecified atom stereocenters. The molecule has 0 radical (unpaired) electrons. The molecule has 2 aromatic rings. The topological polar surface area (TPSA) is 35.5 Å². The Morgan fingerprint density at radius 1 is 1.25 bits per heavy atom. The molecule has 1 atom stereocenters. The van der Waals surface area contributed by atoms with E-state index < -0.39 is 0 Å². The Morgan fingerprint density at radius 2 is 1.95 bits per heavy atom. The third-order valence-corrected chi connectivity index (χ3v) is 3.22. The SMILES string of the molecule is C#CCOC(=O)[C@H](C)c1ccc2cc(OC)ccc2c1. The van der Waals surface area contributed by atoms with Crippen molar-refractivity contribution in [2.75, 3.05) is 13.7 Å². The summed E-state index contributed by atoms with van der Waals surface area (Å²) < 4.78 is 10.2. The first-order valence-electron chi connectivity index (χ1n) is 6.33. The lowest BCUT2D eigenvalue weighted by atomic mass is 9.98. The predicted molar refractivity (Wildman–Crippen MR) is 78.7 cm³/mol. The molecular formula is C17H16O3. The van der Waals surface area contributed by atoms with E-state index in [9.17, 15) is 4.79 Å². The molecule has 20 heavy (non-hydrogen) atoms. The highest BCUT2D eigenvalue weighted by Crippen LogP contribution is 2.25. The zero-order valence-corrected chi connectivity index (χ0v) is 11.6. The minimum atomic E-state index is -0.338. The Hall–Kier alpha value is -2.47. The van der Waals surface area contributed by atoms with Crippen LogP contribution in [0.1, 0.15) is 18.4 Å². The van der Waals surface area contributed by atoms with Crippen molar-refractivity contribution in [3.63, 3.8) is 0 Å². The quantitative estimate of drug-likeness (QED) is 0.631. The van der Waals surface area contributed by atoms with Crippen LogP contribution in [0.4, 0.5) is 0 Å². The number of benzene rings is 2. The Kier molecular flexibility index (Phi) is 4.27. The van der Waals surface area contributed by atoms with Crippen molar-refractivity contribution in [3.8, 4) is 18.1 Å². The number of fused-ring (bicyclic) bond motifs is 1. The first-order chi connectivity index (χ1) is 9.65. The maximum Gasteiger partial charge on any atom is 0.314 e. The van der Waals surface area contributed by atoms with Crippen LogP contribution in [-0.4, -0.2) is 19.7 Å². The summed E-state index contributed by atoms with van der Waals surface area (Å²) in [6.07, 6.45) is 5.08. The third-order valence-electron chi connectivity index (χ3n) is 3.22. The van der Waals surface area contributed by atoms with Gasteiger partial charge in [-0.1, -0.05) is 30.2 Å². The van der Waals surface area contributed by atoms with Gasteiger partial charge in [-0.2, -0.15) is 0 Å². The second-order valence-electron chi connectivity index (χ2n) is 4.51. The van der Waals surface area contributed by atoms with Gasteiger partial charge in [0.15, 0.2) is 6.61 Å². The van der Waals surface area contributed by atoms with Crippen LogP contribution in [0.25, 0.3) is 10.8 Å². The molecule has 3 heteroatoms. The van der Waals surface area contributed by atoms with Crippen LogP contribution in [0.5, 0.6) is 5.75 Å². The van der Waals surface area contributed by atoms with E-state index >= 15 is 0 Å². The number of hydrogen-bond donors (Lipinski definition) is 0. The zero-order chi connectivity index (χ0) is 14.5. The van der Waals surface area contributed by atoms with Crippen LogP contribution >= 0.6 is 0 Å². The number of carbonyl (C=O) groups is 1. The smallest absolute Gasteiger partial charge is 0.314 e. The molecule has 0 fully saturated rings. The fourth-order valence-electron chi connectivity index (χ4n) is 2.01. The number of ether oxygens (including phenoxy) is 2. The van der Waals surface area contributed by atoms with E-state index in [4.69, 9.17) is 15.9 Å². The Balaban J connectivity index is 2.27. The molecule has 0 aliphatic heterocycles. The maximum atomic E-state index is 11.8. The van der Waals surface area contributed by atoms with Crippen LogP contribution in [0.15, 0.2) is 36.4 Å². The summed E-state index contributed by atoms with van der Waals surface area (Å²) in [5, 5.41) is 2.12. The van der Waals surface area contributed by atoms with Gasteiger partial charge in [0.25, 0.3) is 0 Å². The minimum Gasteiger partial charge on any atom is -0.497 e. The van der Waals surface area contributed by atoms with Gasteiger partial charge < -0.3 is 9.47 Å². The molecule has 0 saturated carbocycles. The van der Waals surface area contributed by atoms with Gasteiger partial charge in [0.2, 0.25) is 0 Å². The van der Waals surface area contributed by atoms with Gasteiger partial charge in [0, 0.05) is 0 Å². The Morgan fingerprint density at radius 3 is 2.65 bits per heavy atom. The van der Waals surface area contributed by atoms with Crippen LogP contribution in [0, 0.1) is 12.3 Å². The lowest BCUT2D eigenvalue weighted by molar-refractivity contribution is -0.143. The van der Waals surface area contributed by atoms with Gasteiger partial charge >= 0.3 is 5.97 Å². The minimum absolute atomic E-state index is 0.00789. The van der Waals surface area contributed by atoms with E-state index in [1.165, 1.54) is 0 Å².